The zero-order chi connectivity index (χ0) is 14.4. The maximum Gasteiger partial charge on any atom is 0.255 e. The molecule has 0 aliphatic heterocycles. The van der Waals surface area contributed by atoms with E-state index in [0.717, 1.165) is 5.56 Å². The van der Waals surface area contributed by atoms with E-state index in [1.54, 1.807) is 30.3 Å². The molecule has 0 aliphatic rings. The zero-order valence-electron chi connectivity index (χ0n) is 11.0. The molecule has 0 saturated carbocycles. The average Bonchev–Trinajstić information content (AvgIpc) is 2.49. The molecule has 1 amide bonds. The number of amides is 1. The minimum absolute atomic E-state index is 0.168. The van der Waals surface area contributed by atoms with Crippen molar-refractivity contribution in [1.82, 2.24) is 0 Å². The summed E-state index contributed by atoms with van der Waals surface area (Å²) in [5, 5.41) is 11.6. The summed E-state index contributed by atoms with van der Waals surface area (Å²) in [6.45, 7) is 0.501. The van der Waals surface area contributed by atoms with Crippen LogP contribution in [0, 0.1) is 11.3 Å². The fourth-order valence-electron chi connectivity index (χ4n) is 1.94. The van der Waals surface area contributed by atoms with Crippen LogP contribution in [-0.4, -0.2) is 12.5 Å². The number of hydrogen-bond donors (Lipinski definition) is 2. The Morgan fingerprint density at radius 1 is 1.15 bits per heavy atom. The number of hydrogen-bond acceptors (Lipinski definition) is 3. The maximum absolute atomic E-state index is 12.2. The van der Waals surface area contributed by atoms with E-state index in [9.17, 15) is 4.79 Å². The van der Waals surface area contributed by atoms with Crippen molar-refractivity contribution in [3.05, 3.63) is 65.2 Å². The van der Waals surface area contributed by atoms with Gasteiger partial charge in [-0.05, 0) is 48.9 Å². The van der Waals surface area contributed by atoms with Gasteiger partial charge in [0.15, 0.2) is 0 Å². The predicted octanol–water partition coefficient (Wildman–Crippen LogP) is 2.31. The van der Waals surface area contributed by atoms with Gasteiger partial charge in [-0.3, -0.25) is 4.79 Å². The van der Waals surface area contributed by atoms with Gasteiger partial charge in [-0.15, -0.1) is 0 Å². The van der Waals surface area contributed by atoms with Crippen molar-refractivity contribution in [3.8, 4) is 6.07 Å². The topological polar surface area (TPSA) is 78.9 Å². The number of carbonyl (C=O) groups is 1. The molecule has 0 unspecified atom stereocenters. The Hall–Kier alpha value is -2.64. The third kappa shape index (κ3) is 3.22. The van der Waals surface area contributed by atoms with E-state index < -0.39 is 0 Å². The molecule has 3 N–H and O–H groups in total. The summed E-state index contributed by atoms with van der Waals surface area (Å²) in [5.41, 5.74) is 8.34. The molecule has 0 aromatic heterocycles. The van der Waals surface area contributed by atoms with Crippen LogP contribution < -0.4 is 11.1 Å². The summed E-state index contributed by atoms with van der Waals surface area (Å²) in [4.78, 5) is 12.2. The van der Waals surface area contributed by atoms with Crippen LogP contribution >= 0.6 is 0 Å². The lowest BCUT2D eigenvalue weighted by molar-refractivity contribution is 0.102. The van der Waals surface area contributed by atoms with Gasteiger partial charge in [0.25, 0.3) is 5.91 Å². The summed E-state index contributed by atoms with van der Waals surface area (Å²) < 4.78 is 0. The molecule has 2 aromatic carbocycles. The van der Waals surface area contributed by atoms with Crippen LogP contribution in [0.15, 0.2) is 48.5 Å². The second-order valence-electron chi connectivity index (χ2n) is 4.34. The van der Waals surface area contributed by atoms with Crippen LogP contribution in [-0.2, 0) is 6.42 Å². The number of benzene rings is 2. The summed E-state index contributed by atoms with van der Waals surface area (Å²) in [6, 6.07) is 16.2. The lowest BCUT2D eigenvalue weighted by Gasteiger charge is -2.09. The third-order valence-electron chi connectivity index (χ3n) is 2.95. The first-order valence-corrected chi connectivity index (χ1v) is 6.34. The summed E-state index contributed by atoms with van der Waals surface area (Å²) >= 11 is 0. The fraction of sp³-hybridized carbons (Fsp3) is 0.125. The van der Waals surface area contributed by atoms with Crippen LogP contribution in [0.1, 0.15) is 21.5 Å². The van der Waals surface area contributed by atoms with Crippen LogP contribution in [0.3, 0.4) is 0 Å². The quantitative estimate of drug-likeness (QED) is 0.890. The molecule has 0 fully saturated rings. The van der Waals surface area contributed by atoms with E-state index in [1.165, 1.54) is 0 Å². The van der Waals surface area contributed by atoms with Gasteiger partial charge in [0.1, 0.15) is 0 Å². The van der Waals surface area contributed by atoms with E-state index in [4.69, 9.17) is 11.0 Å². The van der Waals surface area contributed by atoms with Crippen LogP contribution in [0.25, 0.3) is 0 Å². The zero-order valence-corrected chi connectivity index (χ0v) is 11.0. The highest BCUT2D eigenvalue weighted by molar-refractivity contribution is 6.05. The van der Waals surface area contributed by atoms with Crippen molar-refractivity contribution < 1.29 is 4.79 Å². The molecule has 20 heavy (non-hydrogen) atoms. The van der Waals surface area contributed by atoms with Gasteiger partial charge in [0.05, 0.1) is 11.6 Å². The normalized spacial score (nSPS) is 9.80. The molecule has 0 aliphatic carbocycles. The Balaban J connectivity index is 2.17. The van der Waals surface area contributed by atoms with Crippen molar-refractivity contribution >= 4 is 11.6 Å². The minimum Gasteiger partial charge on any atom is -0.330 e. The van der Waals surface area contributed by atoms with Crippen molar-refractivity contribution in [3.63, 3.8) is 0 Å². The number of nitrogens with zero attached hydrogens (tertiary/aromatic N) is 1. The van der Waals surface area contributed by atoms with E-state index in [0.29, 0.717) is 29.8 Å². The Bertz CT molecular complexity index is 642. The van der Waals surface area contributed by atoms with Crippen LogP contribution in [0.4, 0.5) is 5.69 Å². The second kappa shape index (κ2) is 6.50. The molecular weight excluding hydrogens is 250 g/mol. The van der Waals surface area contributed by atoms with Gasteiger partial charge < -0.3 is 11.1 Å². The number of carbonyl (C=O) groups excluding carboxylic acids is 1. The first kappa shape index (κ1) is 13.8. The molecule has 4 heteroatoms. The Kier molecular flexibility index (Phi) is 4.48. The largest absolute Gasteiger partial charge is 0.330 e. The Labute approximate surface area is 117 Å². The van der Waals surface area contributed by atoms with Gasteiger partial charge in [-0.25, -0.2) is 0 Å². The highest BCUT2D eigenvalue weighted by Crippen LogP contribution is 2.14. The van der Waals surface area contributed by atoms with Gasteiger partial charge in [-0.1, -0.05) is 18.2 Å². The fourth-order valence-corrected chi connectivity index (χ4v) is 1.94. The molecular formula is C16H15N3O. The first-order valence-electron chi connectivity index (χ1n) is 6.34. The van der Waals surface area contributed by atoms with Gasteiger partial charge in [0.2, 0.25) is 0 Å². The van der Waals surface area contributed by atoms with Crippen molar-refractivity contribution in [1.29, 1.82) is 5.26 Å². The molecule has 2 aromatic rings. The molecule has 0 radical (unpaired) electrons. The van der Waals surface area contributed by atoms with Crippen molar-refractivity contribution in [2.24, 2.45) is 5.73 Å². The van der Waals surface area contributed by atoms with Crippen molar-refractivity contribution in [2.75, 3.05) is 11.9 Å². The molecule has 0 spiro atoms. The average molecular weight is 265 g/mol. The molecule has 4 nitrogen and oxygen atoms in total. The maximum atomic E-state index is 12.2. The van der Waals surface area contributed by atoms with E-state index >= 15 is 0 Å². The van der Waals surface area contributed by atoms with E-state index in [2.05, 4.69) is 5.32 Å². The summed E-state index contributed by atoms with van der Waals surface area (Å²) in [6.07, 6.45) is 0.664. The molecule has 0 atom stereocenters. The van der Waals surface area contributed by atoms with Gasteiger partial charge >= 0.3 is 0 Å². The minimum atomic E-state index is -0.168. The van der Waals surface area contributed by atoms with E-state index in [-0.39, 0.29) is 5.91 Å². The Morgan fingerprint density at radius 2 is 1.85 bits per heavy atom. The molecule has 2 rings (SSSR count). The number of nitrogens with two attached hydrogens (primary N) is 1. The number of anilines is 1. The SMILES string of the molecule is N#Cc1ccc(NC(=O)c2ccccc2CCN)cc1. The standard InChI is InChI=1S/C16H15N3O/c17-10-9-13-3-1-2-4-15(13)16(20)19-14-7-5-12(11-18)6-8-14/h1-8H,9-10,17H2,(H,19,20). The molecule has 0 heterocycles. The van der Waals surface area contributed by atoms with Gasteiger partial charge in [0, 0.05) is 11.3 Å². The molecule has 0 saturated heterocycles. The van der Waals surface area contributed by atoms with Crippen LogP contribution in [0.5, 0.6) is 0 Å². The number of nitrogens with one attached hydrogen (secondary N) is 1. The highest BCUT2D eigenvalue weighted by atomic mass is 16.1. The number of rotatable bonds is 4. The lowest BCUT2D eigenvalue weighted by Crippen LogP contribution is -2.15. The smallest absolute Gasteiger partial charge is 0.255 e. The monoisotopic (exact) mass is 265 g/mol. The van der Waals surface area contributed by atoms with Gasteiger partial charge in [-0.2, -0.15) is 5.26 Å². The second-order valence-corrected chi connectivity index (χ2v) is 4.34. The molecule has 100 valence electrons. The van der Waals surface area contributed by atoms with E-state index in [1.807, 2.05) is 24.3 Å². The predicted molar refractivity (Wildman–Crippen MR) is 78.3 cm³/mol. The van der Waals surface area contributed by atoms with Crippen molar-refractivity contribution in [2.45, 2.75) is 6.42 Å². The van der Waals surface area contributed by atoms with Crippen LogP contribution in [0.2, 0.25) is 0 Å². The lowest BCUT2D eigenvalue weighted by atomic mass is 10.0. The third-order valence-corrected chi connectivity index (χ3v) is 2.95. The number of nitriles is 1. The molecule has 0 bridgehead atoms. The first-order chi connectivity index (χ1) is 9.74. The summed E-state index contributed by atoms with van der Waals surface area (Å²) in [5.74, 6) is -0.168. The Morgan fingerprint density at radius 3 is 2.50 bits per heavy atom. The highest BCUT2D eigenvalue weighted by Gasteiger charge is 2.10. The summed E-state index contributed by atoms with van der Waals surface area (Å²) in [7, 11) is 0.